The number of imidazole rings is 1. The molecule has 0 atom stereocenters. The van der Waals surface area contributed by atoms with Crippen LogP contribution in [0.3, 0.4) is 0 Å². The molecule has 6 heteroatoms. The zero-order valence-electron chi connectivity index (χ0n) is 9.43. The Kier molecular flexibility index (Phi) is 2.34. The van der Waals surface area contributed by atoms with Gasteiger partial charge in [-0.05, 0) is 20.8 Å². The molecular formula is C10H13N5O. The summed E-state index contributed by atoms with van der Waals surface area (Å²) < 4.78 is 1.36. The molecule has 0 unspecified atom stereocenters. The van der Waals surface area contributed by atoms with Gasteiger partial charge in [0.25, 0.3) is 0 Å². The van der Waals surface area contributed by atoms with Gasteiger partial charge < -0.3 is 5.32 Å². The van der Waals surface area contributed by atoms with Crippen LogP contribution in [0.4, 0.5) is 4.79 Å². The van der Waals surface area contributed by atoms with Crippen LogP contribution in [0.25, 0.3) is 11.5 Å². The van der Waals surface area contributed by atoms with E-state index >= 15 is 0 Å². The van der Waals surface area contributed by atoms with E-state index in [0.29, 0.717) is 11.5 Å². The van der Waals surface area contributed by atoms with E-state index in [4.69, 9.17) is 0 Å². The molecule has 2 heterocycles. The normalized spacial score (nSPS) is 11.7. The molecule has 1 amide bonds. The van der Waals surface area contributed by atoms with Crippen LogP contribution in [0.5, 0.6) is 0 Å². The van der Waals surface area contributed by atoms with Crippen LogP contribution in [-0.4, -0.2) is 31.1 Å². The van der Waals surface area contributed by atoms with Crippen LogP contribution in [0.15, 0.2) is 18.9 Å². The first-order chi connectivity index (χ1) is 7.46. The van der Waals surface area contributed by atoms with E-state index in [1.165, 1.54) is 17.2 Å². The van der Waals surface area contributed by atoms with Crippen LogP contribution in [-0.2, 0) is 0 Å². The van der Waals surface area contributed by atoms with Crippen molar-refractivity contribution < 1.29 is 4.79 Å². The van der Waals surface area contributed by atoms with E-state index < -0.39 is 0 Å². The third-order valence-corrected chi connectivity index (χ3v) is 1.89. The first-order valence-electron chi connectivity index (χ1n) is 4.93. The minimum Gasteiger partial charge on any atom is -0.333 e. The van der Waals surface area contributed by atoms with Gasteiger partial charge in [-0.3, -0.25) is 4.57 Å². The zero-order chi connectivity index (χ0) is 11.8. The van der Waals surface area contributed by atoms with Crippen molar-refractivity contribution in [3.05, 3.63) is 18.9 Å². The lowest BCUT2D eigenvalue weighted by atomic mass is 10.1. The molecule has 2 rings (SSSR count). The first-order valence-corrected chi connectivity index (χ1v) is 4.93. The predicted octanol–water partition coefficient (Wildman–Crippen LogP) is 1.13. The van der Waals surface area contributed by atoms with E-state index in [2.05, 4.69) is 20.3 Å². The van der Waals surface area contributed by atoms with Crippen LogP contribution in [0, 0.1) is 0 Å². The monoisotopic (exact) mass is 219 g/mol. The zero-order valence-corrected chi connectivity index (χ0v) is 9.43. The summed E-state index contributed by atoms with van der Waals surface area (Å²) in [6.07, 6.45) is 4.46. The van der Waals surface area contributed by atoms with Crippen molar-refractivity contribution >= 4 is 6.03 Å². The number of fused-ring (bicyclic) bond motifs is 1. The highest BCUT2D eigenvalue weighted by molar-refractivity contribution is 5.78. The van der Waals surface area contributed by atoms with Crippen LogP contribution in [0.2, 0.25) is 0 Å². The van der Waals surface area contributed by atoms with Crippen LogP contribution < -0.4 is 5.32 Å². The molecule has 0 fully saturated rings. The summed E-state index contributed by atoms with van der Waals surface area (Å²) in [6, 6.07) is -0.232. The summed E-state index contributed by atoms with van der Waals surface area (Å²) >= 11 is 0. The van der Waals surface area contributed by atoms with E-state index in [9.17, 15) is 4.79 Å². The van der Waals surface area contributed by atoms with Crippen LogP contribution in [0.1, 0.15) is 20.8 Å². The molecule has 0 saturated heterocycles. The lowest BCUT2D eigenvalue weighted by Gasteiger charge is -2.20. The Hall–Kier alpha value is -1.98. The number of hydrogen-bond acceptors (Lipinski definition) is 4. The van der Waals surface area contributed by atoms with Gasteiger partial charge >= 0.3 is 6.03 Å². The summed E-state index contributed by atoms with van der Waals surface area (Å²) in [4.78, 5) is 23.7. The van der Waals surface area contributed by atoms with E-state index in [-0.39, 0.29) is 11.6 Å². The van der Waals surface area contributed by atoms with Crippen molar-refractivity contribution in [1.82, 2.24) is 24.8 Å². The molecular weight excluding hydrogens is 206 g/mol. The molecule has 0 saturated carbocycles. The molecule has 0 aromatic carbocycles. The van der Waals surface area contributed by atoms with E-state index in [0.717, 1.165) is 0 Å². The van der Waals surface area contributed by atoms with Crippen molar-refractivity contribution in [3.63, 3.8) is 0 Å². The molecule has 1 N–H and O–H groups in total. The van der Waals surface area contributed by atoms with Gasteiger partial charge in [0.1, 0.15) is 18.3 Å². The molecule has 0 spiro atoms. The molecule has 6 nitrogen and oxygen atoms in total. The Morgan fingerprint density at radius 3 is 2.75 bits per heavy atom. The van der Waals surface area contributed by atoms with Crippen molar-refractivity contribution in [1.29, 1.82) is 0 Å². The second-order valence-electron chi connectivity index (χ2n) is 4.54. The smallest absolute Gasteiger partial charge is 0.327 e. The van der Waals surface area contributed by atoms with Gasteiger partial charge in [-0.25, -0.2) is 19.7 Å². The number of nitrogens with zero attached hydrogens (tertiary/aromatic N) is 4. The molecule has 2 aliphatic heterocycles. The third-order valence-electron chi connectivity index (χ3n) is 1.89. The Bertz CT molecular complexity index is 484. The van der Waals surface area contributed by atoms with Crippen molar-refractivity contribution in [2.24, 2.45) is 0 Å². The van der Waals surface area contributed by atoms with Crippen LogP contribution >= 0.6 is 0 Å². The lowest BCUT2D eigenvalue weighted by molar-refractivity contribution is 0.233. The second-order valence-corrected chi connectivity index (χ2v) is 4.54. The minimum atomic E-state index is -0.281. The van der Waals surface area contributed by atoms with Gasteiger partial charge in [0.05, 0.1) is 0 Å². The number of nitrogens with one attached hydrogen (secondary N) is 1. The van der Waals surface area contributed by atoms with Gasteiger partial charge in [-0.1, -0.05) is 0 Å². The maximum atomic E-state index is 11.8. The lowest BCUT2D eigenvalue weighted by Crippen LogP contribution is -2.42. The van der Waals surface area contributed by atoms with Gasteiger partial charge in [-0.15, -0.1) is 0 Å². The maximum Gasteiger partial charge on any atom is 0.327 e. The Balaban J connectivity index is 2.27. The van der Waals surface area contributed by atoms with Crippen molar-refractivity contribution in [3.8, 4) is 11.5 Å². The average molecular weight is 219 g/mol. The van der Waals surface area contributed by atoms with E-state index in [1.807, 2.05) is 20.8 Å². The minimum absolute atomic E-state index is 0.232. The molecule has 0 aromatic heterocycles. The Morgan fingerprint density at radius 1 is 1.31 bits per heavy atom. The van der Waals surface area contributed by atoms with Gasteiger partial charge in [-0.2, -0.15) is 0 Å². The molecule has 0 aliphatic carbocycles. The van der Waals surface area contributed by atoms with Gasteiger partial charge in [0.15, 0.2) is 5.82 Å². The number of carbonyl (C=O) groups is 1. The molecule has 0 bridgehead atoms. The highest BCUT2D eigenvalue weighted by Crippen LogP contribution is 2.11. The Morgan fingerprint density at radius 2 is 2.06 bits per heavy atom. The summed E-state index contributed by atoms with van der Waals surface area (Å²) in [6.45, 7) is 5.75. The van der Waals surface area contributed by atoms with Gasteiger partial charge in [0, 0.05) is 11.7 Å². The molecule has 16 heavy (non-hydrogen) atoms. The van der Waals surface area contributed by atoms with Crippen molar-refractivity contribution in [2.75, 3.05) is 0 Å². The topological polar surface area (TPSA) is 72.7 Å². The number of aromatic nitrogens is 4. The van der Waals surface area contributed by atoms with E-state index in [1.54, 1.807) is 6.20 Å². The highest BCUT2D eigenvalue weighted by Gasteiger charge is 2.16. The molecule has 0 aromatic rings. The number of amides is 1. The average Bonchev–Trinajstić information content (AvgIpc) is 2.61. The summed E-state index contributed by atoms with van der Waals surface area (Å²) in [5, 5.41) is 2.83. The number of hydrogen-bond donors (Lipinski definition) is 1. The summed E-state index contributed by atoms with van der Waals surface area (Å²) in [5.41, 5.74) is 0.322. The maximum absolute atomic E-state index is 11.8. The van der Waals surface area contributed by atoms with Crippen molar-refractivity contribution in [2.45, 2.75) is 26.3 Å². The second kappa shape index (κ2) is 3.55. The highest BCUT2D eigenvalue weighted by atomic mass is 16.2. The molecule has 84 valence electrons. The van der Waals surface area contributed by atoms with Gasteiger partial charge in [0.2, 0.25) is 0 Å². The SMILES string of the molecule is CC(C)(C)NC(=O)n1cnc2ncnc-2c1. The first kappa shape index (κ1) is 10.5. The quantitative estimate of drug-likeness (QED) is 0.721. The summed E-state index contributed by atoms with van der Waals surface area (Å²) in [7, 11) is 0. The number of rotatable bonds is 0. The molecule has 0 radical (unpaired) electrons. The molecule has 2 aliphatic rings. The summed E-state index contributed by atoms with van der Waals surface area (Å²) in [5.74, 6) is 0.541. The standard InChI is InChI=1S/C10H13N5O/c1-10(2,3)14-9(16)15-4-7-8(13-6-15)12-5-11-7/h4-6H,1-3H3,(H,14,16). The fourth-order valence-electron chi connectivity index (χ4n) is 1.24. The fraction of sp³-hybridized carbons (Fsp3) is 0.400. The number of carbonyl (C=O) groups excluding carboxylic acids is 1. The third kappa shape index (κ3) is 2.16. The Labute approximate surface area is 93.1 Å². The predicted molar refractivity (Wildman–Crippen MR) is 58.1 cm³/mol. The largest absolute Gasteiger partial charge is 0.333 e. The fourth-order valence-corrected chi connectivity index (χ4v) is 1.24.